The lowest BCUT2D eigenvalue weighted by atomic mass is 10.1. The van der Waals surface area contributed by atoms with E-state index in [-0.39, 0.29) is 0 Å². The summed E-state index contributed by atoms with van der Waals surface area (Å²) in [5.41, 5.74) is 7.80. The van der Waals surface area contributed by atoms with Crippen molar-refractivity contribution in [3.8, 4) is 11.3 Å². The number of nitrogen functional groups attached to an aromatic ring is 1. The average Bonchev–Trinajstić information content (AvgIpc) is 2.71. The van der Waals surface area contributed by atoms with Crippen molar-refractivity contribution >= 4 is 39.1 Å². The first-order chi connectivity index (χ1) is 8.63. The van der Waals surface area contributed by atoms with Gasteiger partial charge in [-0.3, -0.25) is 0 Å². The van der Waals surface area contributed by atoms with Gasteiger partial charge in [-0.1, -0.05) is 28.1 Å². The number of halogens is 1. The number of benzene rings is 1. The van der Waals surface area contributed by atoms with Gasteiger partial charge in [-0.25, -0.2) is 4.79 Å². The number of ether oxygens (including phenoxy) is 1. The van der Waals surface area contributed by atoms with Gasteiger partial charge in [0.15, 0.2) is 4.88 Å². The van der Waals surface area contributed by atoms with Crippen LogP contribution < -0.4 is 5.73 Å². The summed E-state index contributed by atoms with van der Waals surface area (Å²) in [4.78, 5) is 12.0. The van der Waals surface area contributed by atoms with E-state index in [1.165, 1.54) is 0 Å². The van der Waals surface area contributed by atoms with Gasteiger partial charge in [-0.05, 0) is 30.6 Å². The number of hydrogen-bond donors (Lipinski definition) is 1. The number of carbonyl (C=O) groups is 1. The summed E-state index contributed by atoms with van der Waals surface area (Å²) in [6.07, 6.45) is 0. The van der Waals surface area contributed by atoms with Gasteiger partial charge in [0.1, 0.15) is 5.69 Å². The molecule has 1 heterocycles. The van der Waals surface area contributed by atoms with Gasteiger partial charge in [-0.2, -0.15) is 4.37 Å². The fourth-order valence-corrected chi connectivity index (χ4v) is 2.60. The second kappa shape index (κ2) is 5.49. The Kier molecular flexibility index (Phi) is 3.98. The van der Waals surface area contributed by atoms with E-state index >= 15 is 0 Å². The van der Waals surface area contributed by atoms with Crippen molar-refractivity contribution < 1.29 is 9.53 Å². The summed E-state index contributed by atoms with van der Waals surface area (Å²) in [5, 5.41) is 0. The third-order valence-electron chi connectivity index (χ3n) is 2.29. The molecule has 2 aromatic rings. The summed E-state index contributed by atoms with van der Waals surface area (Å²) in [6, 6.07) is 7.60. The average molecular weight is 327 g/mol. The lowest BCUT2D eigenvalue weighted by Crippen LogP contribution is -2.05. The van der Waals surface area contributed by atoms with E-state index < -0.39 is 5.97 Å². The molecule has 18 heavy (non-hydrogen) atoms. The quantitative estimate of drug-likeness (QED) is 0.878. The molecule has 4 nitrogen and oxygen atoms in total. The molecular weight excluding hydrogens is 316 g/mol. The van der Waals surface area contributed by atoms with Gasteiger partial charge < -0.3 is 10.5 Å². The fraction of sp³-hybridized carbons (Fsp3) is 0.167. The maximum Gasteiger partial charge on any atom is 0.352 e. The molecule has 0 radical (unpaired) electrons. The largest absolute Gasteiger partial charge is 0.462 e. The van der Waals surface area contributed by atoms with E-state index in [4.69, 9.17) is 10.5 Å². The predicted octanol–water partition coefficient (Wildman–Crippen LogP) is 3.33. The third-order valence-corrected chi connectivity index (χ3v) is 3.62. The van der Waals surface area contributed by atoms with Crippen LogP contribution in [0.3, 0.4) is 0 Å². The Hall–Kier alpha value is -1.40. The molecule has 0 aliphatic carbocycles. The van der Waals surface area contributed by atoms with Gasteiger partial charge in [0.2, 0.25) is 0 Å². The van der Waals surface area contributed by atoms with Crippen LogP contribution in [0.4, 0.5) is 5.69 Å². The van der Waals surface area contributed by atoms with Gasteiger partial charge in [0, 0.05) is 10.0 Å². The molecule has 0 spiro atoms. The minimum atomic E-state index is -0.422. The molecule has 2 rings (SSSR count). The topological polar surface area (TPSA) is 65.2 Å². The summed E-state index contributed by atoms with van der Waals surface area (Å²) in [5.74, 6) is -0.422. The van der Waals surface area contributed by atoms with Gasteiger partial charge in [0.05, 0.1) is 12.3 Å². The Morgan fingerprint density at radius 3 is 3.00 bits per heavy atom. The van der Waals surface area contributed by atoms with Gasteiger partial charge >= 0.3 is 5.97 Å². The van der Waals surface area contributed by atoms with Crippen LogP contribution >= 0.6 is 27.5 Å². The van der Waals surface area contributed by atoms with Crippen molar-refractivity contribution in [1.82, 2.24) is 4.37 Å². The molecular formula is C12H11BrN2O2S. The van der Waals surface area contributed by atoms with Crippen LogP contribution in [0.15, 0.2) is 28.7 Å². The van der Waals surface area contributed by atoms with Crippen molar-refractivity contribution in [3.05, 3.63) is 33.6 Å². The highest BCUT2D eigenvalue weighted by atomic mass is 79.9. The Bertz CT molecular complexity index is 583. The minimum Gasteiger partial charge on any atom is -0.462 e. The number of carbonyl (C=O) groups excluding carboxylic acids is 1. The van der Waals surface area contributed by atoms with Crippen molar-refractivity contribution in [2.45, 2.75) is 6.92 Å². The van der Waals surface area contributed by atoms with Crippen LogP contribution in [0, 0.1) is 0 Å². The Morgan fingerprint density at radius 2 is 2.33 bits per heavy atom. The lowest BCUT2D eigenvalue weighted by Gasteiger charge is -2.01. The molecule has 0 fully saturated rings. The highest BCUT2D eigenvalue weighted by Crippen LogP contribution is 2.32. The molecule has 0 aliphatic heterocycles. The van der Waals surface area contributed by atoms with E-state index in [9.17, 15) is 4.79 Å². The second-order valence-electron chi connectivity index (χ2n) is 3.50. The third kappa shape index (κ3) is 2.54. The zero-order chi connectivity index (χ0) is 13.1. The number of anilines is 1. The van der Waals surface area contributed by atoms with E-state index in [0.29, 0.717) is 22.9 Å². The van der Waals surface area contributed by atoms with Gasteiger partial charge in [0.25, 0.3) is 0 Å². The molecule has 0 saturated heterocycles. The number of rotatable bonds is 3. The van der Waals surface area contributed by atoms with Crippen molar-refractivity contribution in [2.24, 2.45) is 0 Å². The van der Waals surface area contributed by atoms with E-state index in [0.717, 1.165) is 21.6 Å². The molecule has 0 unspecified atom stereocenters. The zero-order valence-electron chi connectivity index (χ0n) is 9.64. The molecule has 94 valence electrons. The monoisotopic (exact) mass is 326 g/mol. The highest BCUT2D eigenvalue weighted by molar-refractivity contribution is 9.10. The van der Waals surface area contributed by atoms with Gasteiger partial charge in [-0.15, -0.1) is 0 Å². The summed E-state index contributed by atoms with van der Waals surface area (Å²) in [6.45, 7) is 2.08. The van der Waals surface area contributed by atoms with E-state index in [1.54, 1.807) is 6.92 Å². The predicted molar refractivity (Wildman–Crippen MR) is 75.6 cm³/mol. The Balaban J connectivity index is 2.39. The summed E-state index contributed by atoms with van der Waals surface area (Å²) < 4.78 is 10.1. The molecule has 0 saturated carbocycles. The first-order valence-corrected chi connectivity index (χ1v) is 6.88. The number of aromatic nitrogens is 1. The minimum absolute atomic E-state index is 0.322. The number of nitrogens with zero attached hydrogens (tertiary/aromatic N) is 1. The molecule has 0 bridgehead atoms. The smallest absolute Gasteiger partial charge is 0.352 e. The lowest BCUT2D eigenvalue weighted by molar-refractivity contribution is 0.0533. The highest BCUT2D eigenvalue weighted by Gasteiger charge is 2.19. The Morgan fingerprint density at radius 1 is 1.56 bits per heavy atom. The molecule has 1 aromatic carbocycles. The molecule has 0 atom stereocenters. The fourth-order valence-electron chi connectivity index (χ4n) is 1.49. The van der Waals surface area contributed by atoms with E-state index in [2.05, 4.69) is 20.3 Å². The zero-order valence-corrected chi connectivity index (χ0v) is 12.0. The van der Waals surface area contributed by atoms with Crippen LogP contribution in [-0.2, 0) is 4.74 Å². The molecule has 2 N–H and O–H groups in total. The number of nitrogens with two attached hydrogens (primary N) is 1. The standard InChI is InChI=1S/C12H11BrN2O2S/c1-2-17-12(16)11-9(14)10(15-18-11)7-4-3-5-8(13)6-7/h3-6H,2,14H2,1H3. The van der Waals surface area contributed by atoms with Crippen LogP contribution in [-0.4, -0.2) is 16.9 Å². The maximum absolute atomic E-state index is 11.6. The number of hydrogen-bond acceptors (Lipinski definition) is 5. The Labute approximate surface area is 117 Å². The first kappa shape index (κ1) is 13.0. The molecule has 0 amide bonds. The summed E-state index contributed by atoms with van der Waals surface area (Å²) >= 11 is 4.45. The normalized spacial score (nSPS) is 10.3. The maximum atomic E-state index is 11.6. The molecule has 1 aromatic heterocycles. The SMILES string of the molecule is CCOC(=O)c1snc(-c2cccc(Br)c2)c1N. The van der Waals surface area contributed by atoms with Crippen LogP contribution in [0.5, 0.6) is 0 Å². The second-order valence-corrected chi connectivity index (χ2v) is 5.19. The summed E-state index contributed by atoms with van der Waals surface area (Å²) in [7, 11) is 0. The van der Waals surface area contributed by atoms with Crippen LogP contribution in [0.2, 0.25) is 0 Å². The first-order valence-electron chi connectivity index (χ1n) is 5.31. The van der Waals surface area contributed by atoms with Crippen LogP contribution in [0.1, 0.15) is 16.6 Å². The number of esters is 1. The van der Waals surface area contributed by atoms with Crippen molar-refractivity contribution in [1.29, 1.82) is 0 Å². The molecule has 6 heteroatoms. The van der Waals surface area contributed by atoms with Crippen molar-refractivity contribution in [3.63, 3.8) is 0 Å². The molecule has 0 aliphatic rings. The van der Waals surface area contributed by atoms with Crippen LogP contribution in [0.25, 0.3) is 11.3 Å². The van der Waals surface area contributed by atoms with E-state index in [1.807, 2.05) is 24.3 Å². The van der Waals surface area contributed by atoms with Crippen molar-refractivity contribution in [2.75, 3.05) is 12.3 Å².